The fraction of sp³-hybridized carbons (Fsp3) is 0.909. The highest BCUT2D eigenvalue weighted by Gasteiger charge is 2.17. The van der Waals surface area contributed by atoms with E-state index in [0.717, 1.165) is 13.0 Å². The van der Waals surface area contributed by atoms with Crippen LogP contribution in [0.2, 0.25) is 0 Å². The lowest BCUT2D eigenvalue weighted by molar-refractivity contribution is -0.150. The minimum Gasteiger partial charge on any atom is -0.479 e. The molecule has 2 N–H and O–H groups in total. The number of piperidine rings is 1. The van der Waals surface area contributed by atoms with E-state index in [2.05, 4.69) is 5.32 Å². The van der Waals surface area contributed by atoms with Gasteiger partial charge in [-0.15, -0.1) is 0 Å². The highest BCUT2D eigenvalue weighted by Crippen LogP contribution is 2.10. The topological polar surface area (TPSA) is 58.6 Å². The minimum atomic E-state index is -0.853. The fourth-order valence-corrected chi connectivity index (χ4v) is 1.89. The summed E-state index contributed by atoms with van der Waals surface area (Å²) in [6, 6.07) is 0.519. The van der Waals surface area contributed by atoms with Gasteiger partial charge in [-0.05, 0) is 32.2 Å². The van der Waals surface area contributed by atoms with Crippen molar-refractivity contribution in [3.05, 3.63) is 0 Å². The molecular formula is C11H21NO3. The van der Waals surface area contributed by atoms with Gasteiger partial charge in [0.1, 0.15) is 0 Å². The Morgan fingerprint density at radius 2 is 2.40 bits per heavy atom. The summed E-state index contributed by atoms with van der Waals surface area (Å²) in [6.07, 6.45) is 4.54. The molecule has 88 valence electrons. The molecule has 0 bridgehead atoms. The van der Waals surface area contributed by atoms with Gasteiger partial charge in [0, 0.05) is 12.6 Å². The van der Waals surface area contributed by atoms with Gasteiger partial charge in [-0.3, -0.25) is 0 Å². The normalized spacial score (nSPS) is 23.7. The van der Waals surface area contributed by atoms with E-state index in [1.807, 2.05) is 6.92 Å². The third-order valence-corrected chi connectivity index (χ3v) is 2.84. The number of carboxylic acids is 1. The van der Waals surface area contributed by atoms with Crippen LogP contribution in [-0.4, -0.2) is 36.4 Å². The second-order valence-electron chi connectivity index (χ2n) is 4.04. The Morgan fingerprint density at radius 3 is 2.93 bits per heavy atom. The molecule has 1 rings (SSSR count). The van der Waals surface area contributed by atoms with Crippen LogP contribution in [0.15, 0.2) is 0 Å². The molecule has 0 aromatic heterocycles. The summed E-state index contributed by atoms with van der Waals surface area (Å²) in [4.78, 5) is 10.7. The molecule has 0 aromatic carbocycles. The van der Waals surface area contributed by atoms with Gasteiger partial charge in [-0.1, -0.05) is 13.3 Å². The number of hydrogen-bond donors (Lipinski definition) is 2. The Labute approximate surface area is 91.0 Å². The largest absolute Gasteiger partial charge is 0.479 e. The number of hydrogen-bond acceptors (Lipinski definition) is 3. The van der Waals surface area contributed by atoms with E-state index >= 15 is 0 Å². The van der Waals surface area contributed by atoms with Crippen LogP contribution in [0, 0.1) is 0 Å². The monoisotopic (exact) mass is 215 g/mol. The van der Waals surface area contributed by atoms with Crippen LogP contribution >= 0.6 is 0 Å². The first-order valence-corrected chi connectivity index (χ1v) is 5.81. The van der Waals surface area contributed by atoms with Gasteiger partial charge in [0.25, 0.3) is 0 Å². The van der Waals surface area contributed by atoms with Crippen LogP contribution in [0.3, 0.4) is 0 Å². The molecule has 0 aromatic rings. The molecule has 1 aliphatic rings. The maximum absolute atomic E-state index is 10.7. The van der Waals surface area contributed by atoms with Crippen molar-refractivity contribution in [1.82, 2.24) is 5.32 Å². The second-order valence-corrected chi connectivity index (χ2v) is 4.04. The SMILES string of the molecule is CCC(OCCC1CCCCN1)C(=O)O. The Morgan fingerprint density at radius 1 is 1.60 bits per heavy atom. The van der Waals surface area contributed by atoms with Crippen LogP contribution in [-0.2, 0) is 9.53 Å². The van der Waals surface area contributed by atoms with Gasteiger partial charge in [0.15, 0.2) is 6.10 Å². The maximum atomic E-state index is 10.7. The summed E-state index contributed by atoms with van der Waals surface area (Å²) in [5.74, 6) is -0.853. The molecule has 1 saturated heterocycles. The predicted octanol–water partition coefficient (Wildman–Crippen LogP) is 1.40. The highest BCUT2D eigenvalue weighted by molar-refractivity contribution is 5.72. The van der Waals surface area contributed by atoms with Crippen LogP contribution < -0.4 is 5.32 Å². The zero-order chi connectivity index (χ0) is 11.1. The van der Waals surface area contributed by atoms with Gasteiger partial charge < -0.3 is 15.2 Å². The third-order valence-electron chi connectivity index (χ3n) is 2.84. The zero-order valence-electron chi connectivity index (χ0n) is 9.37. The van der Waals surface area contributed by atoms with Gasteiger partial charge in [-0.25, -0.2) is 4.79 Å². The Balaban J connectivity index is 2.11. The molecule has 0 amide bonds. The number of nitrogens with one attached hydrogen (secondary N) is 1. The average molecular weight is 215 g/mol. The van der Waals surface area contributed by atoms with Crippen LogP contribution in [0.5, 0.6) is 0 Å². The molecule has 2 unspecified atom stereocenters. The quantitative estimate of drug-likeness (QED) is 0.703. The van der Waals surface area contributed by atoms with Crippen molar-refractivity contribution in [3.63, 3.8) is 0 Å². The van der Waals surface area contributed by atoms with E-state index in [1.165, 1.54) is 19.3 Å². The molecule has 15 heavy (non-hydrogen) atoms. The lowest BCUT2D eigenvalue weighted by Gasteiger charge is -2.23. The Kier molecular flexibility index (Phi) is 5.65. The number of aliphatic carboxylic acids is 1. The summed E-state index contributed by atoms with van der Waals surface area (Å²) in [5.41, 5.74) is 0. The van der Waals surface area contributed by atoms with E-state index in [9.17, 15) is 4.79 Å². The van der Waals surface area contributed by atoms with Crippen LogP contribution in [0.4, 0.5) is 0 Å². The third kappa shape index (κ3) is 4.62. The van der Waals surface area contributed by atoms with Gasteiger partial charge in [0.05, 0.1) is 0 Å². The van der Waals surface area contributed by atoms with Crippen molar-refractivity contribution in [1.29, 1.82) is 0 Å². The molecular weight excluding hydrogens is 194 g/mol. The van der Waals surface area contributed by atoms with Crippen molar-refractivity contribution in [2.45, 2.75) is 51.2 Å². The summed E-state index contributed by atoms with van der Waals surface area (Å²) < 4.78 is 5.32. The first-order valence-electron chi connectivity index (χ1n) is 5.81. The van der Waals surface area contributed by atoms with Crippen molar-refractivity contribution >= 4 is 5.97 Å². The molecule has 4 nitrogen and oxygen atoms in total. The number of carboxylic acid groups (broad SMARTS) is 1. The van der Waals surface area contributed by atoms with Crippen molar-refractivity contribution in [2.24, 2.45) is 0 Å². The van der Waals surface area contributed by atoms with E-state index in [1.54, 1.807) is 0 Å². The first kappa shape index (κ1) is 12.5. The number of rotatable bonds is 6. The molecule has 0 aliphatic carbocycles. The number of carbonyl (C=O) groups is 1. The lowest BCUT2D eigenvalue weighted by atomic mass is 10.0. The van der Waals surface area contributed by atoms with E-state index in [-0.39, 0.29) is 0 Å². The van der Waals surface area contributed by atoms with E-state index in [0.29, 0.717) is 19.1 Å². The van der Waals surface area contributed by atoms with E-state index < -0.39 is 12.1 Å². The predicted molar refractivity (Wildman–Crippen MR) is 57.9 cm³/mol. The summed E-state index contributed by atoms with van der Waals surface area (Å²) in [7, 11) is 0. The second kappa shape index (κ2) is 6.80. The molecule has 1 heterocycles. The minimum absolute atomic E-state index is 0.519. The Bertz CT molecular complexity index is 190. The summed E-state index contributed by atoms with van der Waals surface area (Å²) in [5, 5.41) is 12.2. The van der Waals surface area contributed by atoms with Crippen LogP contribution in [0.1, 0.15) is 39.0 Å². The lowest BCUT2D eigenvalue weighted by Crippen LogP contribution is -2.35. The smallest absolute Gasteiger partial charge is 0.332 e. The standard InChI is InChI=1S/C11H21NO3/c1-2-10(11(13)14)15-8-6-9-5-3-4-7-12-9/h9-10,12H,2-8H2,1H3,(H,13,14). The first-order chi connectivity index (χ1) is 7.24. The van der Waals surface area contributed by atoms with Crippen molar-refractivity contribution in [3.8, 4) is 0 Å². The fourth-order valence-electron chi connectivity index (χ4n) is 1.89. The highest BCUT2D eigenvalue weighted by atomic mass is 16.5. The molecule has 1 fully saturated rings. The zero-order valence-corrected chi connectivity index (χ0v) is 9.37. The van der Waals surface area contributed by atoms with E-state index in [4.69, 9.17) is 9.84 Å². The van der Waals surface area contributed by atoms with Crippen molar-refractivity contribution < 1.29 is 14.6 Å². The maximum Gasteiger partial charge on any atom is 0.332 e. The van der Waals surface area contributed by atoms with Crippen LogP contribution in [0.25, 0.3) is 0 Å². The Hall–Kier alpha value is -0.610. The molecule has 0 spiro atoms. The molecule has 4 heteroatoms. The molecule has 0 saturated carbocycles. The summed E-state index contributed by atoms with van der Waals surface area (Å²) in [6.45, 7) is 3.46. The molecule has 2 atom stereocenters. The molecule has 1 aliphatic heterocycles. The summed E-state index contributed by atoms with van der Waals surface area (Å²) >= 11 is 0. The average Bonchev–Trinajstić information content (AvgIpc) is 2.25. The van der Waals surface area contributed by atoms with Gasteiger partial charge in [-0.2, -0.15) is 0 Å². The van der Waals surface area contributed by atoms with Gasteiger partial charge in [0.2, 0.25) is 0 Å². The molecule has 0 radical (unpaired) electrons. The number of ether oxygens (including phenoxy) is 1. The van der Waals surface area contributed by atoms with Crippen molar-refractivity contribution in [2.75, 3.05) is 13.2 Å². The van der Waals surface area contributed by atoms with Gasteiger partial charge >= 0.3 is 5.97 Å².